The van der Waals surface area contributed by atoms with Crippen molar-refractivity contribution in [3.63, 3.8) is 0 Å². The summed E-state index contributed by atoms with van der Waals surface area (Å²) in [6.45, 7) is 3.68. The number of benzene rings is 1. The lowest BCUT2D eigenvalue weighted by molar-refractivity contribution is -0.112. The Balaban J connectivity index is 2.80. The third-order valence-electron chi connectivity index (χ3n) is 1.95. The van der Waals surface area contributed by atoms with Crippen molar-refractivity contribution in [3.8, 4) is 0 Å². The number of amides is 1. The first-order valence-corrected chi connectivity index (χ1v) is 4.84. The van der Waals surface area contributed by atoms with Crippen molar-refractivity contribution in [2.24, 2.45) is 0 Å². The second-order valence-corrected chi connectivity index (χ2v) is 3.34. The molecule has 1 N–H and O–H groups in total. The van der Waals surface area contributed by atoms with Gasteiger partial charge in [0.1, 0.15) is 0 Å². The molecule has 0 unspecified atom stereocenters. The number of nitrogens with one attached hydrogen (secondary N) is 1. The van der Waals surface area contributed by atoms with E-state index in [2.05, 4.69) is 17.9 Å². The maximum atomic E-state index is 11.5. The summed E-state index contributed by atoms with van der Waals surface area (Å²) in [6.07, 6.45) is 0. The Morgan fingerprint density at radius 3 is 2.64 bits per heavy atom. The Morgan fingerprint density at radius 2 is 2.07 bits per heavy atom. The average Bonchev–Trinajstić information content (AvgIpc) is 2.20. The lowest BCUT2D eigenvalue weighted by Crippen LogP contribution is -2.12. The second kappa shape index (κ2) is 4.86. The molecule has 0 spiro atoms. The Kier molecular flexibility index (Phi) is 3.77. The van der Waals surface area contributed by atoms with Crippen LogP contribution >= 0.6 is 12.6 Å². The molecule has 0 saturated heterocycles. The molecular weight excluding hydrogens is 194 g/mol. The predicted octanol–water partition coefficient (Wildman–Crippen LogP) is 2.77. The minimum atomic E-state index is -0.116. The van der Waals surface area contributed by atoms with Crippen LogP contribution in [0.1, 0.15) is 12.5 Å². The quantitative estimate of drug-likeness (QED) is 0.566. The van der Waals surface area contributed by atoms with Crippen molar-refractivity contribution in [3.05, 3.63) is 40.8 Å². The third-order valence-corrected chi connectivity index (χ3v) is 2.33. The maximum absolute atomic E-state index is 11.5. The first-order valence-electron chi connectivity index (χ1n) is 4.33. The number of rotatable bonds is 2. The van der Waals surface area contributed by atoms with E-state index in [1.54, 1.807) is 6.92 Å². The number of anilines is 1. The highest BCUT2D eigenvalue weighted by atomic mass is 32.1. The molecule has 1 aromatic rings. The summed E-state index contributed by atoms with van der Waals surface area (Å²) < 4.78 is 0. The number of carbonyl (C=O) groups is 1. The number of hydrogen-bond donors (Lipinski definition) is 2. The molecule has 0 aromatic heterocycles. The van der Waals surface area contributed by atoms with Crippen LogP contribution in [0.25, 0.3) is 0 Å². The van der Waals surface area contributed by atoms with Gasteiger partial charge >= 0.3 is 0 Å². The van der Waals surface area contributed by atoms with Crippen LogP contribution in [-0.2, 0) is 4.79 Å². The molecule has 0 saturated carbocycles. The molecule has 2 nitrogen and oxygen atoms in total. The minimum absolute atomic E-state index is 0.116. The maximum Gasteiger partial charge on any atom is 0.251 e. The Morgan fingerprint density at radius 1 is 1.43 bits per heavy atom. The second-order valence-electron chi connectivity index (χ2n) is 3.08. The van der Waals surface area contributed by atoms with Crippen LogP contribution < -0.4 is 5.32 Å². The van der Waals surface area contributed by atoms with Gasteiger partial charge in [-0.2, -0.15) is 12.6 Å². The van der Waals surface area contributed by atoms with Gasteiger partial charge in [0.15, 0.2) is 0 Å². The number of para-hydroxylation sites is 1. The van der Waals surface area contributed by atoms with Gasteiger partial charge in [-0.05, 0) is 30.9 Å². The molecule has 0 aliphatic carbocycles. The number of aryl methyl sites for hydroxylation is 1. The fourth-order valence-electron chi connectivity index (χ4n) is 0.993. The van der Waals surface area contributed by atoms with Gasteiger partial charge in [-0.25, -0.2) is 0 Å². The molecule has 14 heavy (non-hydrogen) atoms. The normalized spacial score (nSPS) is 11.2. The van der Waals surface area contributed by atoms with E-state index < -0.39 is 0 Å². The first kappa shape index (κ1) is 10.9. The molecule has 0 aliphatic heterocycles. The Bertz CT molecular complexity index is 371. The van der Waals surface area contributed by atoms with Gasteiger partial charge in [0, 0.05) is 11.3 Å². The number of thiol groups is 1. The SMILES string of the molecule is CC(=CS)C(=O)Nc1ccccc1C. The van der Waals surface area contributed by atoms with Gasteiger partial charge in [-0.15, -0.1) is 0 Å². The summed E-state index contributed by atoms with van der Waals surface area (Å²) in [5, 5.41) is 4.30. The van der Waals surface area contributed by atoms with E-state index in [1.807, 2.05) is 31.2 Å². The highest BCUT2D eigenvalue weighted by Gasteiger charge is 2.04. The third kappa shape index (κ3) is 2.64. The van der Waals surface area contributed by atoms with Gasteiger partial charge in [0.05, 0.1) is 0 Å². The molecule has 3 heteroatoms. The van der Waals surface area contributed by atoms with E-state index in [4.69, 9.17) is 0 Å². The predicted molar refractivity (Wildman–Crippen MR) is 62.6 cm³/mol. The molecule has 0 radical (unpaired) electrons. The van der Waals surface area contributed by atoms with E-state index in [1.165, 1.54) is 5.41 Å². The van der Waals surface area contributed by atoms with Crippen molar-refractivity contribution in [2.75, 3.05) is 5.32 Å². The summed E-state index contributed by atoms with van der Waals surface area (Å²) in [4.78, 5) is 11.5. The zero-order valence-electron chi connectivity index (χ0n) is 8.24. The van der Waals surface area contributed by atoms with E-state index in [9.17, 15) is 4.79 Å². The van der Waals surface area contributed by atoms with Gasteiger partial charge in [-0.1, -0.05) is 18.2 Å². The molecule has 1 aromatic carbocycles. The molecule has 1 rings (SSSR count). The largest absolute Gasteiger partial charge is 0.322 e. The lowest BCUT2D eigenvalue weighted by atomic mass is 10.2. The van der Waals surface area contributed by atoms with Crippen LogP contribution in [0.3, 0.4) is 0 Å². The Hall–Kier alpha value is -1.22. The van der Waals surface area contributed by atoms with Gasteiger partial charge in [-0.3, -0.25) is 4.79 Å². The molecule has 0 heterocycles. The zero-order chi connectivity index (χ0) is 10.6. The smallest absolute Gasteiger partial charge is 0.251 e. The van der Waals surface area contributed by atoms with Gasteiger partial charge in [0.2, 0.25) is 0 Å². The average molecular weight is 207 g/mol. The topological polar surface area (TPSA) is 29.1 Å². The van der Waals surface area contributed by atoms with Crippen LogP contribution in [0.2, 0.25) is 0 Å². The number of hydrogen-bond acceptors (Lipinski definition) is 2. The molecule has 74 valence electrons. The van der Waals surface area contributed by atoms with Crippen molar-refractivity contribution in [1.29, 1.82) is 0 Å². The van der Waals surface area contributed by atoms with Crippen LogP contribution in [0, 0.1) is 6.92 Å². The van der Waals surface area contributed by atoms with E-state index in [-0.39, 0.29) is 5.91 Å². The van der Waals surface area contributed by atoms with Gasteiger partial charge < -0.3 is 5.32 Å². The van der Waals surface area contributed by atoms with Crippen LogP contribution in [0.15, 0.2) is 35.2 Å². The highest BCUT2D eigenvalue weighted by molar-refractivity contribution is 7.83. The van der Waals surface area contributed by atoms with Crippen molar-refractivity contribution >= 4 is 24.2 Å². The van der Waals surface area contributed by atoms with Crippen LogP contribution in [0.4, 0.5) is 5.69 Å². The number of carbonyl (C=O) groups excluding carboxylic acids is 1. The summed E-state index contributed by atoms with van der Waals surface area (Å²) in [6, 6.07) is 7.66. The van der Waals surface area contributed by atoms with Gasteiger partial charge in [0.25, 0.3) is 5.91 Å². The van der Waals surface area contributed by atoms with E-state index in [0.29, 0.717) is 5.57 Å². The Labute approximate surface area is 89.4 Å². The first-order chi connectivity index (χ1) is 6.65. The zero-order valence-corrected chi connectivity index (χ0v) is 9.14. The van der Waals surface area contributed by atoms with Crippen molar-refractivity contribution < 1.29 is 4.79 Å². The molecule has 0 fully saturated rings. The molecule has 0 bridgehead atoms. The highest BCUT2D eigenvalue weighted by Crippen LogP contribution is 2.14. The van der Waals surface area contributed by atoms with E-state index in [0.717, 1.165) is 11.3 Å². The van der Waals surface area contributed by atoms with E-state index >= 15 is 0 Å². The molecule has 0 atom stereocenters. The lowest BCUT2D eigenvalue weighted by Gasteiger charge is -2.07. The summed E-state index contributed by atoms with van der Waals surface area (Å²) >= 11 is 3.92. The molecular formula is C11H13NOS. The summed E-state index contributed by atoms with van der Waals surface area (Å²) in [7, 11) is 0. The summed E-state index contributed by atoms with van der Waals surface area (Å²) in [5.41, 5.74) is 2.48. The minimum Gasteiger partial charge on any atom is -0.322 e. The van der Waals surface area contributed by atoms with Crippen molar-refractivity contribution in [1.82, 2.24) is 0 Å². The molecule has 1 amide bonds. The summed E-state index contributed by atoms with van der Waals surface area (Å²) in [5.74, 6) is -0.116. The van der Waals surface area contributed by atoms with Crippen LogP contribution in [-0.4, -0.2) is 5.91 Å². The fraction of sp³-hybridized carbons (Fsp3) is 0.182. The monoisotopic (exact) mass is 207 g/mol. The van der Waals surface area contributed by atoms with Crippen LogP contribution in [0.5, 0.6) is 0 Å². The molecule has 0 aliphatic rings. The standard InChI is InChI=1S/C11H13NOS/c1-8-5-3-4-6-10(8)12-11(13)9(2)7-14/h3-7,14H,1-2H3,(H,12,13). The fourth-order valence-corrected chi connectivity index (χ4v) is 1.11. The van der Waals surface area contributed by atoms with Crippen molar-refractivity contribution in [2.45, 2.75) is 13.8 Å².